The third kappa shape index (κ3) is 1.55. The maximum atomic E-state index is 9.06. The maximum Gasteiger partial charge on any atom is 0.0806 e. The van der Waals surface area contributed by atoms with Gasteiger partial charge in [-0.3, -0.25) is 0 Å². The number of hydrogen-bond acceptors (Lipinski definition) is 2. The van der Waals surface area contributed by atoms with Crippen LogP contribution in [0.1, 0.15) is 6.42 Å². The highest BCUT2D eigenvalue weighted by Gasteiger charge is 2.23. The van der Waals surface area contributed by atoms with Gasteiger partial charge in [0.15, 0.2) is 0 Å². The summed E-state index contributed by atoms with van der Waals surface area (Å²) in [6.45, 7) is 0. The summed E-state index contributed by atoms with van der Waals surface area (Å²) in [4.78, 5) is 2.64. The Kier molecular flexibility index (Phi) is 2.29. The molecule has 0 bridgehead atoms. The van der Waals surface area contributed by atoms with Crippen molar-refractivity contribution >= 4 is 8.58 Å². The standard InChI is InChI=1S/C4H8N3OP/c5-7-6-4-3(8)1-2-9-4/h3-4,8-9H,1-2H2. The number of rotatable bonds is 1. The number of nitrogens with zero attached hydrogens (tertiary/aromatic N) is 3. The Morgan fingerprint density at radius 2 is 2.56 bits per heavy atom. The number of azide groups is 1. The molecule has 0 spiro atoms. The van der Waals surface area contributed by atoms with Crippen molar-refractivity contribution < 1.29 is 5.11 Å². The summed E-state index contributed by atoms with van der Waals surface area (Å²) < 4.78 is 0. The van der Waals surface area contributed by atoms with Gasteiger partial charge in [-0.2, -0.15) is 0 Å². The van der Waals surface area contributed by atoms with Crippen molar-refractivity contribution in [2.24, 2.45) is 5.11 Å². The summed E-state index contributed by atoms with van der Waals surface area (Å²) in [5.41, 5.74) is 8.00. The predicted octanol–water partition coefficient (Wildman–Crippen LogP) is 1.07. The molecule has 3 unspecified atom stereocenters. The van der Waals surface area contributed by atoms with E-state index in [1.807, 2.05) is 0 Å². The summed E-state index contributed by atoms with van der Waals surface area (Å²) in [6.07, 6.45) is 1.42. The topological polar surface area (TPSA) is 69.0 Å². The zero-order valence-electron chi connectivity index (χ0n) is 4.86. The van der Waals surface area contributed by atoms with Crippen LogP contribution >= 0.6 is 8.58 Å². The molecule has 5 heteroatoms. The Balaban J connectivity index is 2.49. The summed E-state index contributed by atoms with van der Waals surface area (Å²) in [7, 11) is 0.616. The van der Waals surface area contributed by atoms with E-state index in [-0.39, 0.29) is 11.9 Å². The molecule has 0 aromatic rings. The SMILES string of the molecule is [N-]=[N+]=NC1PCCC1O. The van der Waals surface area contributed by atoms with Gasteiger partial charge in [0.25, 0.3) is 0 Å². The van der Waals surface area contributed by atoms with E-state index in [4.69, 9.17) is 10.6 Å². The predicted molar refractivity (Wildman–Crippen MR) is 36.7 cm³/mol. The van der Waals surface area contributed by atoms with Gasteiger partial charge < -0.3 is 5.11 Å². The monoisotopic (exact) mass is 145 g/mol. The molecular formula is C4H8N3OP. The average Bonchev–Trinajstić information content (AvgIpc) is 2.18. The van der Waals surface area contributed by atoms with E-state index < -0.39 is 0 Å². The average molecular weight is 145 g/mol. The Labute approximate surface area is 54.7 Å². The van der Waals surface area contributed by atoms with E-state index in [0.717, 1.165) is 12.6 Å². The van der Waals surface area contributed by atoms with Gasteiger partial charge >= 0.3 is 0 Å². The first-order chi connectivity index (χ1) is 4.34. The quantitative estimate of drug-likeness (QED) is 0.255. The van der Waals surface area contributed by atoms with Crippen molar-refractivity contribution in [2.75, 3.05) is 6.16 Å². The lowest BCUT2D eigenvalue weighted by atomic mass is 10.3. The molecule has 3 atom stereocenters. The van der Waals surface area contributed by atoms with E-state index in [1.165, 1.54) is 0 Å². The lowest BCUT2D eigenvalue weighted by Crippen LogP contribution is -2.12. The highest BCUT2D eigenvalue weighted by atomic mass is 31.1. The van der Waals surface area contributed by atoms with Crippen LogP contribution in [0.15, 0.2) is 5.11 Å². The molecule has 0 aliphatic carbocycles. The van der Waals surface area contributed by atoms with Crippen molar-refractivity contribution in [3.8, 4) is 0 Å². The van der Waals surface area contributed by atoms with Crippen LogP contribution in [0.3, 0.4) is 0 Å². The van der Waals surface area contributed by atoms with Gasteiger partial charge in [-0.1, -0.05) is 5.11 Å². The second kappa shape index (κ2) is 3.02. The third-order valence-electron chi connectivity index (χ3n) is 1.33. The highest BCUT2D eigenvalue weighted by molar-refractivity contribution is 7.39. The molecule has 1 aliphatic heterocycles. The number of hydrogen-bond donors (Lipinski definition) is 1. The minimum absolute atomic E-state index is 0.130. The molecular weight excluding hydrogens is 137 g/mol. The molecule has 0 aromatic heterocycles. The van der Waals surface area contributed by atoms with Crippen LogP contribution in [-0.2, 0) is 0 Å². The third-order valence-corrected chi connectivity index (χ3v) is 2.83. The van der Waals surface area contributed by atoms with Crippen molar-refractivity contribution in [1.29, 1.82) is 0 Å². The fourth-order valence-corrected chi connectivity index (χ4v) is 2.18. The van der Waals surface area contributed by atoms with E-state index >= 15 is 0 Å². The first-order valence-corrected chi connectivity index (χ1v) is 4.08. The Morgan fingerprint density at radius 3 is 3.00 bits per heavy atom. The lowest BCUT2D eigenvalue weighted by Gasteiger charge is -2.04. The molecule has 0 saturated carbocycles. The minimum Gasteiger partial charge on any atom is -0.392 e. The molecule has 1 rings (SSSR count). The van der Waals surface area contributed by atoms with Gasteiger partial charge in [-0.05, 0) is 18.1 Å². The summed E-state index contributed by atoms with van der Waals surface area (Å²) in [6, 6.07) is 0. The Morgan fingerprint density at radius 1 is 1.78 bits per heavy atom. The molecule has 0 amide bonds. The molecule has 4 nitrogen and oxygen atoms in total. The molecule has 0 aromatic carbocycles. The molecule has 0 radical (unpaired) electrons. The van der Waals surface area contributed by atoms with Gasteiger partial charge in [-0.15, -0.1) is 8.58 Å². The molecule has 1 aliphatic rings. The van der Waals surface area contributed by atoms with Crippen molar-refractivity contribution in [2.45, 2.75) is 18.3 Å². The summed E-state index contributed by atoms with van der Waals surface area (Å²) in [5, 5.41) is 12.5. The van der Waals surface area contributed by atoms with Gasteiger partial charge in [0.05, 0.1) is 11.9 Å². The molecule has 1 fully saturated rings. The van der Waals surface area contributed by atoms with E-state index in [1.54, 1.807) is 0 Å². The molecule has 1 saturated heterocycles. The van der Waals surface area contributed by atoms with Crippen LogP contribution in [0.4, 0.5) is 0 Å². The molecule has 1 N–H and O–H groups in total. The number of aliphatic hydroxyl groups is 1. The van der Waals surface area contributed by atoms with Crippen LogP contribution in [0.2, 0.25) is 0 Å². The van der Waals surface area contributed by atoms with E-state index in [0.29, 0.717) is 8.58 Å². The largest absolute Gasteiger partial charge is 0.392 e. The fraction of sp³-hybridized carbons (Fsp3) is 1.00. The smallest absolute Gasteiger partial charge is 0.0806 e. The normalized spacial score (nSPS) is 36.6. The molecule has 9 heavy (non-hydrogen) atoms. The van der Waals surface area contributed by atoms with Crippen LogP contribution in [0.5, 0.6) is 0 Å². The summed E-state index contributed by atoms with van der Waals surface area (Å²) >= 11 is 0. The van der Waals surface area contributed by atoms with Crippen molar-refractivity contribution in [3.63, 3.8) is 0 Å². The first kappa shape index (κ1) is 6.81. The van der Waals surface area contributed by atoms with Gasteiger partial charge in [-0.25, -0.2) is 0 Å². The van der Waals surface area contributed by atoms with Crippen LogP contribution in [0, 0.1) is 0 Å². The van der Waals surface area contributed by atoms with Gasteiger partial charge in [0.1, 0.15) is 0 Å². The number of aliphatic hydroxyl groups excluding tert-OH is 1. The Hall–Kier alpha value is -0.300. The second-order valence-electron chi connectivity index (χ2n) is 1.96. The zero-order valence-corrected chi connectivity index (χ0v) is 5.86. The van der Waals surface area contributed by atoms with E-state index in [2.05, 4.69) is 10.0 Å². The molecule has 1 heterocycles. The zero-order chi connectivity index (χ0) is 6.69. The van der Waals surface area contributed by atoms with Crippen LogP contribution in [-0.4, -0.2) is 23.2 Å². The van der Waals surface area contributed by atoms with Crippen LogP contribution < -0.4 is 0 Å². The van der Waals surface area contributed by atoms with E-state index in [9.17, 15) is 0 Å². The van der Waals surface area contributed by atoms with Crippen molar-refractivity contribution in [3.05, 3.63) is 10.4 Å². The summed E-state index contributed by atoms with van der Waals surface area (Å²) in [5.74, 6) is -0.130. The highest BCUT2D eigenvalue weighted by Crippen LogP contribution is 2.33. The lowest BCUT2D eigenvalue weighted by molar-refractivity contribution is 0.177. The second-order valence-corrected chi connectivity index (χ2v) is 3.46. The van der Waals surface area contributed by atoms with Crippen LogP contribution in [0.25, 0.3) is 10.4 Å². The fourth-order valence-electron chi connectivity index (χ4n) is 0.846. The Bertz CT molecular complexity index is 145. The maximum absolute atomic E-state index is 9.06. The minimum atomic E-state index is -0.376. The molecule has 50 valence electrons. The van der Waals surface area contributed by atoms with Crippen molar-refractivity contribution in [1.82, 2.24) is 0 Å². The van der Waals surface area contributed by atoms with Gasteiger partial charge in [0.2, 0.25) is 0 Å². The van der Waals surface area contributed by atoms with Gasteiger partial charge in [0, 0.05) is 4.91 Å². The first-order valence-electron chi connectivity index (χ1n) is 2.80.